The van der Waals surface area contributed by atoms with E-state index in [1.807, 2.05) is 0 Å². The van der Waals surface area contributed by atoms with E-state index in [9.17, 15) is 0 Å². The third-order valence-corrected chi connectivity index (χ3v) is 3.83. The van der Waals surface area contributed by atoms with E-state index in [1.54, 1.807) is 0 Å². The summed E-state index contributed by atoms with van der Waals surface area (Å²) in [7, 11) is 0. The predicted molar refractivity (Wildman–Crippen MR) is 66.2 cm³/mol. The second-order valence-electron chi connectivity index (χ2n) is 4.00. The Kier molecular flexibility index (Phi) is 2.14. The molecule has 1 aliphatic carbocycles. The van der Waals surface area contributed by atoms with Gasteiger partial charge in [-0.05, 0) is 41.2 Å². The van der Waals surface area contributed by atoms with Crippen LogP contribution in [0.15, 0.2) is 46.9 Å². The Balaban J connectivity index is 2.15. The molecule has 3 rings (SSSR count). The summed E-state index contributed by atoms with van der Waals surface area (Å²) in [6.07, 6.45) is 2.14. The molecule has 0 unspecified atom stereocenters. The maximum absolute atomic E-state index is 3.63. The zero-order valence-electron chi connectivity index (χ0n) is 8.33. The molecule has 0 amide bonds. The van der Waals surface area contributed by atoms with Crippen LogP contribution in [0.3, 0.4) is 0 Å². The summed E-state index contributed by atoms with van der Waals surface area (Å²) in [6.45, 7) is 0. The molecular formula is C14H11Br. The van der Waals surface area contributed by atoms with Gasteiger partial charge < -0.3 is 0 Å². The molecule has 0 spiro atoms. The molecule has 0 aromatic heterocycles. The SMILES string of the molecule is Brc1cccc2c1Cc1ccccc1C2. The van der Waals surface area contributed by atoms with Gasteiger partial charge in [0.25, 0.3) is 0 Å². The number of hydrogen-bond donors (Lipinski definition) is 0. The van der Waals surface area contributed by atoms with Crippen molar-refractivity contribution in [3.8, 4) is 0 Å². The molecule has 2 aromatic rings. The lowest BCUT2D eigenvalue weighted by Crippen LogP contribution is -2.07. The summed E-state index contributed by atoms with van der Waals surface area (Å²) in [5, 5.41) is 0. The van der Waals surface area contributed by atoms with Crippen molar-refractivity contribution in [1.29, 1.82) is 0 Å². The average Bonchev–Trinajstić information content (AvgIpc) is 2.27. The van der Waals surface area contributed by atoms with E-state index in [4.69, 9.17) is 0 Å². The maximum atomic E-state index is 3.63. The van der Waals surface area contributed by atoms with Gasteiger partial charge in [-0.3, -0.25) is 0 Å². The third kappa shape index (κ3) is 1.51. The summed E-state index contributed by atoms with van der Waals surface area (Å²) >= 11 is 3.63. The first-order valence-corrected chi connectivity index (χ1v) is 5.97. The molecule has 2 aromatic carbocycles. The number of fused-ring (bicyclic) bond motifs is 2. The van der Waals surface area contributed by atoms with Crippen LogP contribution < -0.4 is 0 Å². The minimum absolute atomic E-state index is 1.06. The molecule has 0 nitrogen and oxygen atoms in total. The van der Waals surface area contributed by atoms with Gasteiger partial charge in [0, 0.05) is 4.47 Å². The van der Waals surface area contributed by atoms with Crippen LogP contribution in [0.4, 0.5) is 0 Å². The van der Waals surface area contributed by atoms with Gasteiger partial charge in [-0.1, -0.05) is 52.3 Å². The predicted octanol–water partition coefficient (Wildman–Crippen LogP) is 3.94. The molecule has 0 saturated heterocycles. The average molecular weight is 259 g/mol. The van der Waals surface area contributed by atoms with Crippen LogP contribution in [-0.2, 0) is 12.8 Å². The Hall–Kier alpha value is -1.08. The molecule has 0 heterocycles. The summed E-state index contributed by atoms with van der Waals surface area (Å²) in [4.78, 5) is 0. The highest BCUT2D eigenvalue weighted by Gasteiger charge is 2.15. The fourth-order valence-electron chi connectivity index (χ4n) is 2.26. The topological polar surface area (TPSA) is 0 Å². The Morgan fingerprint density at radius 2 is 1.40 bits per heavy atom. The van der Waals surface area contributed by atoms with Gasteiger partial charge in [0.1, 0.15) is 0 Å². The monoisotopic (exact) mass is 258 g/mol. The van der Waals surface area contributed by atoms with Gasteiger partial charge in [-0.2, -0.15) is 0 Å². The Labute approximate surface area is 98.1 Å². The van der Waals surface area contributed by atoms with Crippen LogP contribution in [0.2, 0.25) is 0 Å². The van der Waals surface area contributed by atoms with Crippen molar-refractivity contribution < 1.29 is 0 Å². The van der Waals surface area contributed by atoms with E-state index in [1.165, 1.54) is 26.7 Å². The number of rotatable bonds is 0. The van der Waals surface area contributed by atoms with Crippen LogP contribution >= 0.6 is 15.9 Å². The summed E-state index contributed by atoms with van der Waals surface area (Å²) < 4.78 is 1.24. The number of benzene rings is 2. The first-order valence-electron chi connectivity index (χ1n) is 5.17. The normalized spacial score (nSPS) is 13.1. The van der Waals surface area contributed by atoms with Gasteiger partial charge in [0.2, 0.25) is 0 Å². The Bertz CT molecular complexity index is 514. The van der Waals surface area contributed by atoms with Gasteiger partial charge in [-0.15, -0.1) is 0 Å². The Morgan fingerprint density at radius 3 is 2.20 bits per heavy atom. The van der Waals surface area contributed by atoms with Crippen LogP contribution in [0.1, 0.15) is 22.3 Å². The summed E-state index contributed by atoms with van der Waals surface area (Å²) in [6, 6.07) is 15.2. The highest BCUT2D eigenvalue weighted by molar-refractivity contribution is 9.10. The molecule has 74 valence electrons. The van der Waals surface area contributed by atoms with Crippen molar-refractivity contribution in [2.24, 2.45) is 0 Å². The van der Waals surface area contributed by atoms with Crippen molar-refractivity contribution in [3.63, 3.8) is 0 Å². The molecule has 0 aliphatic heterocycles. The molecule has 15 heavy (non-hydrogen) atoms. The van der Waals surface area contributed by atoms with Gasteiger partial charge in [-0.25, -0.2) is 0 Å². The third-order valence-electron chi connectivity index (χ3n) is 3.08. The first kappa shape index (κ1) is 9.17. The lowest BCUT2D eigenvalue weighted by Gasteiger charge is -2.20. The highest BCUT2D eigenvalue weighted by Crippen LogP contribution is 2.31. The van der Waals surface area contributed by atoms with Crippen LogP contribution in [0.25, 0.3) is 0 Å². The largest absolute Gasteiger partial charge is 0.0620 e. The molecular weight excluding hydrogens is 248 g/mol. The zero-order chi connectivity index (χ0) is 10.3. The van der Waals surface area contributed by atoms with Crippen molar-refractivity contribution in [3.05, 3.63) is 69.2 Å². The molecule has 0 fully saturated rings. The quantitative estimate of drug-likeness (QED) is 0.573. The minimum Gasteiger partial charge on any atom is -0.0620 e. The second-order valence-corrected chi connectivity index (χ2v) is 4.85. The molecule has 1 heteroatoms. The summed E-state index contributed by atoms with van der Waals surface area (Å²) in [5.74, 6) is 0. The van der Waals surface area contributed by atoms with E-state index in [2.05, 4.69) is 58.4 Å². The van der Waals surface area contributed by atoms with Crippen LogP contribution in [0, 0.1) is 0 Å². The smallest absolute Gasteiger partial charge is 0.0213 e. The lowest BCUT2D eigenvalue weighted by molar-refractivity contribution is 0.994. The second kappa shape index (κ2) is 3.49. The van der Waals surface area contributed by atoms with E-state index in [0.29, 0.717) is 0 Å². The molecule has 0 bridgehead atoms. The first-order chi connectivity index (χ1) is 7.34. The molecule has 0 atom stereocenters. The number of hydrogen-bond acceptors (Lipinski definition) is 0. The molecule has 0 N–H and O–H groups in total. The van der Waals surface area contributed by atoms with Gasteiger partial charge >= 0.3 is 0 Å². The fourth-order valence-corrected chi connectivity index (χ4v) is 2.81. The number of halogens is 1. The summed E-state index contributed by atoms with van der Waals surface area (Å²) in [5.41, 5.74) is 5.86. The van der Waals surface area contributed by atoms with E-state index in [0.717, 1.165) is 12.8 Å². The van der Waals surface area contributed by atoms with E-state index < -0.39 is 0 Å². The van der Waals surface area contributed by atoms with E-state index >= 15 is 0 Å². The highest BCUT2D eigenvalue weighted by atomic mass is 79.9. The van der Waals surface area contributed by atoms with Gasteiger partial charge in [0.15, 0.2) is 0 Å². The lowest BCUT2D eigenvalue weighted by atomic mass is 9.86. The Morgan fingerprint density at radius 1 is 0.733 bits per heavy atom. The minimum atomic E-state index is 1.06. The van der Waals surface area contributed by atoms with Crippen molar-refractivity contribution in [1.82, 2.24) is 0 Å². The van der Waals surface area contributed by atoms with Gasteiger partial charge in [0.05, 0.1) is 0 Å². The van der Waals surface area contributed by atoms with Crippen molar-refractivity contribution >= 4 is 15.9 Å². The zero-order valence-corrected chi connectivity index (χ0v) is 9.92. The van der Waals surface area contributed by atoms with Crippen molar-refractivity contribution in [2.75, 3.05) is 0 Å². The van der Waals surface area contributed by atoms with Crippen LogP contribution in [-0.4, -0.2) is 0 Å². The molecule has 0 radical (unpaired) electrons. The standard InChI is InChI=1S/C14H11Br/c15-14-7-3-6-12-8-10-4-1-2-5-11(10)9-13(12)14/h1-7H,8-9H2. The van der Waals surface area contributed by atoms with Crippen molar-refractivity contribution in [2.45, 2.75) is 12.8 Å². The maximum Gasteiger partial charge on any atom is 0.0213 e. The van der Waals surface area contributed by atoms with Crippen LogP contribution in [0.5, 0.6) is 0 Å². The molecule has 1 aliphatic rings. The fraction of sp³-hybridized carbons (Fsp3) is 0.143. The van der Waals surface area contributed by atoms with E-state index in [-0.39, 0.29) is 0 Å². The molecule has 0 saturated carbocycles.